The molecular formula is C18H23N5. The lowest BCUT2D eigenvalue weighted by molar-refractivity contribution is 0.542. The van der Waals surface area contributed by atoms with Crippen molar-refractivity contribution in [3.05, 3.63) is 29.8 Å². The van der Waals surface area contributed by atoms with Crippen LogP contribution in [-0.2, 0) is 6.42 Å². The Morgan fingerprint density at radius 3 is 2.78 bits per heavy atom. The zero-order valence-corrected chi connectivity index (χ0v) is 13.5. The number of hydrogen-bond acceptors (Lipinski definition) is 4. The lowest BCUT2D eigenvalue weighted by atomic mass is 10.1. The van der Waals surface area contributed by atoms with Crippen LogP contribution in [0, 0.1) is 24.7 Å². The van der Waals surface area contributed by atoms with Crippen molar-refractivity contribution in [2.24, 2.45) is 17.8 Å². The van der Waals surface area contributed by atoms with Crippen molar-refractivity contribution >= 4 is 5.82 Å². The zero-order valence-electron chi connectivity index (χ0n) is 13.5. The molecule has 120 valence electrons. The molecule has 3 atom stereocenters. The van der Waals surface area contributed by atoms with Gasteiger partial charge >= 0.3 is 0 Å². The van der Waals surface area contributed by atoms with Crippen molar-refractivity contribution in [2.45, 2.75) is 32.2 Å². The molecule has 2 saturated carbocycles. The van der Waals surface area contributed by atoms with Crippen LogP contribution in [0.5, 0.6) is 0 Å². The maximum Gasteiger partial charge on any atom is 0.126 e. The van der Waals surface area contributed by atoms with Crippen molar-refractivity contribution in [3.8, 4) is 11.3 Å². The van der Waals surface area contributed by atoms with Gasteiger partial charge in [0.1, 0.15) is 11.6 Å². The van der Waals surface area contributed by atoms with Crippen molar-refractivity contribution in [2.75, 3.05) is 18.8 Å². The van der Waals surface area contributed by atoms with E-state index in [1.165, 1.54) is 18.7 Å². The standard InChI is InChI=1S/C18H23N5/c1-10-4-12(6-21-18(10)19)15-9-23(16(22-15)5-11-2-3-11)17-13-7-20-8-14(13)17/h4,6,9,11,13-14,17,20H,2-3,5,7-8H2,1H3,(H2,19,21)/t13-,14+,17+. The fourth-order valence-electron chi connectivity index (χ4n) is 4.08. The monoisotopic (exact) mass is 309 g/mol. The van der Waals surface area contributed by atoms with Crippen LogP contribution in [0.1, 0.15) is 30.3 Å². The number of piperidine rings is 1. The Labute approximate surface area is 136 Å². The summed E-state index contributed by atoms with van der Waals surface area (Å²) in [6.07, 6.45) is 7.97. The largest absolute Gasteiger partial charge is 0.383 e. The molecule has 0 aromatic carbocycles. The lowest BCUT2D eigenvalue weighted by Crippen LogP contribution is -2.17. The summed E-state index contributed by atoms with van der Waals surface area (Å²) < 4.78 is 2.48. The van der Waals surface area contributed by atoms with Crippen LogP contribution in [0.4, 0.5) is 5.82 Å². The maximum atomic E-state index is 5.85. The van der Waals surface area contributed by atoms with Gasteiger partial charge in [-0.2, -0.15) is 0 Å². The van der Waals surface area contributed by atoms with E-state index >= 15 is 0 Å². The molecule has 0 spiro atoms. The van der Waals surface area contributed by atoms with Gasteiger partial charge in [-0.1, -0.05) is 0 Å². The van der Waals surface area contributed by atoms with Gasteiger partial charge in [-0.3, -0.25) is 0 Å². The first-order valence-electron chi connectivity index (χ1n) is 8.71. The van der Waals surface area contributed by atoms with E-state index < -0.39 is 0 Å². The van der Waals surface area contributed by atoms with E-state index in [1.54, 1.807) is 0 Å². The number of aromatic nitrogens is 3. The van der Waals surface area contributed by atoms with Gasteiger partial charge in [0.25, 0.3) is 0 Å². The summed E-state index contributed by atoms with van der Waals surface area (Å²) in [7, 11) is 0. The molecule has 3 heterocycles. The van der Waals surface area contributed by atoms with Crippen LogP contribution in [0.3, 0.4) is 0 Å². The number of fused-ring (bicyclic) bond motifs is 1. The number of imidazole rings is 1. The molecule has 1 saturated heterocycles. The average Bonchev–Trinajstić information content (AvgIpc) is 3.38. The fraction of sp³-hybridized carbons (Fsp3) is 0.556. The van der Waals surface area contributed by atoms with E-state index in [0.29, 0.717) is 11.9 Å². The van der Waals surface area contributed by atoms with Crippen LogP contribution < -0.4 is 11.1 Å². The van der Waals surface area contributed by atoms with Gasteiger partial charge < -0.3 is 15.6 Å². The molecule has 2 aromatic rings. The van der Waals surface area contributed by atoms with Gasteiger partial charge in [-0.05, 0) is 49.1 Å². The van der Waals surface area contributed by atoms with Gasteiger partial charge in [-0.25, -0.2) is 9.97 Å². The summed E-state index contributed by atoms with van der Waals surface area (Å²) in [5, 5.41) is 3.49. The SMILES string of the molecule is Cc1cc(-c2cn([C@H]3[C@@H]4CNC[C@@H]43)c(CC3CC3)n2)cnc1N. The molecule has 5 rings (SSSR count). The first kappa shape index (κ1) is 13.5. The molecule has 3 aliphatic rings. The molecule has 0 bridgehead atoms. The molecule has 5 heteroatoms. The molecule has 0 amide bonds. The third-order valence-electron chi connectivity index (χ3n) is 5.76. The van der Waals surface area contributed by atoms with Crippen LogP contribution in [-0.4, -0.2) is 27.6 Å². The summed E-state index contributed by atoms with van der Waals surface area (Å²) in [6.45, 7) is 4.33. The smallest absolute Gasteiger partial charge is 0.126 e. The van der Waals surface area contributed by atoms with E-state index in [9.17, 15) is 0 Å². The predicted molar refractivity (Wildman–Crippen MR) is 89.9 cm³/mol. The zero-order chi connectivity index (χ0) is 15.6. The van der Waals surface area contributed by atoms with Crippen molar-refractivity contribution < 1.29 is 0 Å². The van der Waals surface area contributed by atoms with Gasteiger partial charge in [0, 0.05) is 43.5 Å². The third-order valence-corrected chi connectivity index (χ3v) is 5.76. The van der Waals surface area contributed by atoms with Gasteiger partial charge in [0.2, 0.25) is 0 Å². The molecule has 1 aliphatic heterocycles. The van der Waals surface area contributed by atoms with E-state index in [4.69, 9.17) is 10.7 Å². The first-order valence-corrected chi connectivity index (χ1v) is 8.71. The van der Waals surface area contributed by atoms with Crippen LogP contribution in [0.15, 0.2) is 18.5 Å². The Hall–Kier alpha value is -1.88. The molecule has 0 unspecified atom stereocenters. The Morgan fingerprint density at radius 1 is 1.30 bits per heavy atom. The molecule has 0 radical (unpaired) electrons. The molecule has 23 heavy (non-hydrogen) atoms. The van der Waals surface area contributed by atoms with E-state index in [1.807, 2.05) is 13.1 Å². The van der Waals surface area contributed by atoms with Gasteiger partial charge in [0.05, 0.1) is 5.69 Å². The van der Waals surface area contributed by atoms with Crippen LogP contribution in [0.2, 0.25) is 0 Å². The van der Waals surface area contributed by atoms with E-state index in [-0.39, 0.29) is 0 Å². The molecule has 2 aliphatic carbocycles. The van der Waals surface area contributed by atoms with E-state index in [2.05, 4.69) is 27.1 Å². The number of nitrogen functional groups attached to an aromatic ring is 1. The second-order valence-electron chi connectivity index (χ2n) is 7.50. The Balaban J connectivity index is 1.51. The number of hydrogen-bond donors (Lipinski definition) is 2. The fourth-order valence-corrected chi connectivity index (χ4v) is 4.08. The van der Waals surface area contributed by atoms with Crippen LogP contribution >= 0.6 is 0 Å². The second-order valence-corrected chi connectivity index (χ2v) is 7.50. The highest BCUT2D eigenvalue weighted by atomic mass is 15.2. The summed E-state index contributed by atoms with van der Waals surface area (Å²) in [5.74, 6) is 4.35. The Kier molecular flexibility index (Phi) is 2.83. The van der Waals surface area contributed by atoms with Crippen LogP contribution in [0.25, 0.3) is 11.3 Å². The molecule has 2 aromatic heterocycles. The maximum absolute atomic E-state index is 5.85. The molecule has 5 nitrogen and oxygen atoms in total. The summed E-state index contributed by atoms with van der Waals surface area (Å²) in [5.41, 5.74) is 9.00. The van der Waals surface area contributed by atoms with Crippen molar-refractivity contribution in [1.29, 1.82) is 0 Å². The minimum absolute atomic E-state index is 0.606. The molecular weight excluding hydrogens is 286 g/mol. The number of nitrogens with two attached hydrogens (primary N) is 1. The normalized spacial score (nSPS) is 28.8. The molecule has 3 fully saturated rings. The number of nitrogens with one attached hydrogen (secondary N) is 1. The lowest BCUT2D eigenvalue weighted by Gasteiger charge is -2.09. The quantitative estimate of drug-likeness (QED) is 0.908. The second kappa shape index (κ2) is 4.81. The first-order chi connectivity index (χ1) is 11.2. The van der Waals surface area contributed by atoms with E-state index in [0.717, 1.165) is 54.1 Å². The van der Waals surface area contributed by atoms with Gasteiger partial charge in [-0.15, -0.1) is 0 Å². The minimum atomic E-state index is 0.606. The van der Waals surface area contributed by atoms with Crippen molar-refractivity contribution in [1.82, 2.24) is 19.9 Å². The Bertz CT molecular complexity index is 751. The third kappa shape index (κ3) is 2.26. The highest BCUT2D eigenvalue weighted by Crippen LogP contribution is 2.53. The summed E-state index contributed by atoms with van der Waals surface area (Å²) >= 11 is 0. The number of rotatable bonds is 4. The predicted octanol–water partition coefficient (Wildman–Crippen LogP) is 2.18. The summed E-state index contributed by atoms with van der Waals surface area (Å²) in [6, 6.07) is 2.76. The minimum Gasteiger partial charge on any atom is -0.383 e. The highest BCUT2D eigenvalue weighted by molar-refractivity contribution is 5.61. The number of pyridine rings is 1. The highest BCUT2D eigenvalue weighted by Gasteiger charge is 2.54. The average molecular weight is 309 g/mol. The number of nitrogens with zero attached hydrogens (tertiary/aromatic N) is 3. The van der Waals surface area contributed by atoms with Crippen molar-refractivity contribution in [3.63, 3.8) is 0 Å². The van der Waals surface area contributed by atoms with Gasteiger partial charge in [0.15, 0.2) is 0 Å². The topological polar surface area (TPSA) is 68.8 Å². The molecule has 3 N–H and O–H groups in total. The number of aryl methyl sites for hydroxylation is 1. The summed E-state index contributed by atoms with van der Waals surface area (Å²) in [4.78, 5) is 9.29. The Morgan fingerprint density at radius 2 is 2.09 bits per heavy atom. The number of anilines is 1.